The summed E-state index contributed by atoms with van der Waals surface area (Å²) in [5.41, 5.74) is 2.28. The third kappa shape index (κ3) is 4.25. The zero-order valence-electron chi connectivity index (χ0n) is 11.4. The van der Waals surface area contributed by atoms with Crippen LogP contribution in [0, 0.1) is 0 Å². The molecule has 1 aromatic carbocycles. The van der Waals surface area contributed by atoms with Gasteiger partial charge in [0.1, 0.15) is 0 Å². The predicted octanol–water partition coefficient (Wildman–Crippen LogP) is 3.58. The van der Waals surface area contributed by atoms with Crippen molar-refractivity contribution in [2.45, 2.75) is 13.1 Å². The Balaban J connectivity index is 2.01. The highest BCUT2D eigenvalue weighted by Crippen LogP contribution is 2.22. The zero-order valence-corrected chi connectivity index (χ0v) is 12.9. The van der Waals surface area contributed by atoms with E-state index in [1.165, 1.54) is 5.69 Å². The van der Waals surface area contributed by atoms with Crippen LogP contribution in [0.3, 0.4) is 0 Å². The molecule has 2 rings (SSSR count). The van der Waals surface area contributed by atoms with Gasteiger partial charge in [0, 0.05) is 48.7 Å². The molecule has 0 aliphatic heterocycles. The monoisotopic (exact) mass is 312 g/mol. The van der Waals surface area contributed by atoms with E-state index in [4.69, 9.17) is 27.9 Å². The van der Waals surface area contributed by atoms with Crippen LogP contribution in [0.5, 0.6) is 0 Å². The third-order valence-corrected chi connectivity index (χ3v) is 3.66. The number of hydrogen-bond donors (Lipinski definition) is 1. The van der Waals surface area contributed by atoms with E-state index in [9.17, 15) is 0 Å². The lowest BCUT2D eigenvalue weighted by Gasteiger charge is -2.11. The van der Waals surface area contributed by atoms with E-state index in [1.807, 2.05) is 18.2 Å². The molecular weight excluding hydrogens is 295 g/mol. The van der Waals surface area contributed by atoms with E-state index in [2.05, 4.69) is 22.1 Å². The van der Waals surface area contributed by atoms with Gasteiger partial charge >= 0.3 is 0 Å². The van der Waals surface area contributed by atoms with Crippen LogP contribution in [-0.4, -0.2) is 24.8 Å². The second kappa shape index (κ2) is 7.70. The van der Waals surface area contributed by atoms with Crippen LogP contribution in [0.25, 0.3) is 0 Å². The fraction of sp³-hybridized carbons (Fsp3) is 0.333. The Hall–Kier alpha value is -1.000. The molecule has 1 N–H and O–H groups in total. The first-order valence-corrected chi connectivity index (χ1v) is 7.24. The molecule has 0 saturated heterocycles. The van der Waals surface area contributed by atoms with Gasteiger partial charge in [0.2, 0.25) is 0 Å². The van der Waals surface area contributed by atoms with E-state index < -0.39 is 0 Å². The quantitative estimate of drug-likeness (QED) is 0.791. The lowest BCUT2D eigenvalue weighted by atomic mass is 10.2. The molecular formula is C15H18Cl2N2O. The molecule has 0 unspecified atom stereocenters. The number of hydrogen-bond acceptors (Lipinski definition) is 2. The summed E-state index contributed by atoms with van der Waals surface area (Å²) in [7, 11) is 1.70. The maximum Gasteiger partial charge on any atom is 0.0587 e. The maximum atomic E-state index is 6.21. The molecule has 20 heavy (non-hydrogen) atoms. The van der Waals surface area contributed by atoms with Crippen molar-refractivity contribution in [3.8, 4) is 0 Å². The summed E-state index contributed by atoms with van der Waals surface area (Å²) in [6.45, 7) is 3.10. The van der Waals surface area contributed by atoms with Gasteiger partial charge < -0.3 is 14.6 Å². The number of nitrogens with zero attached hydrogens (tertiary/aromatic N) is 1. The highest BCUT2D eigenvalue weighted by atomic mass is 35.5. The number of rotatable bonds is 7. The van der Waals surface area contributed by atoms with E-state index >= 15 is 0 Å². The lowest BCUT2D eigenvalue weighted by molar-refractivity contribution is 0.199. The molecule has 3 nitrogen and oxygen atoms in total. The average molecular weight is 313 g/mol. The molecule has 1 heterocycles. The molecule has 1 aromatic heterocycles. The van der Waals surface area contributed by atoms with Crippen LogP contribution in [0.1, 0.15) is 11.3 Å². The van der Waals surface area contributed by atoms with Crippen molar-refractivity contribution in [3.63, 3.8) is 0 Å². The van der Waals surface area contributed by atoms with Crippen molar-refractivity contribution in [1.82, 2.24) is 9.88 Å². The van der Waals surface area contributed by atoms with Crippen LogP contribution in [0.4, 0.5) is 0 Å². The van der Waals surface area contributed by atoms with Crippen LogP contribution >= 0.6 is 23.2 Å². The number of nitrogens with one attached hydrogen (secondary N) is 1. The van der Waals surface area contributed by atoms with Crippen molar-refractivity contribution in [2.24, 2.45) is 0 Å². The van der Waals surface area contributed by atoms with Gasteiger partial charge in [-0.25, -0.2) is 0 Å². The molecule has 0 atom stereocenters. The second-order valence-electron chi connectivity index (χ2n) is 4.53. The van der Waals surface area contributed by atoms with Crippen molar-refractivity contribution in [1.29, 1.82) is 0 Å². The van der Waals surface area contributed by atoms with Gasteiger partial charge in [0.15, 0.2) is 0 Å². The van der Waals surface area contributed by atoms with Gasteiger partial charge in [-0.1, -0.05) is 29.3 Å². The average Bonchev–Trinajstić information content (AvgIpc) is 2.85. The first-order valence-electron chi connectivity index (χ1n) is 6.48. The number of benzene rings is 1. The Kier molecular flexibility index (Phi) is 5.92. The normalized spacial score (nSPS) is 10.9. The molecule has 0 fully saturated rings. The van der Waals surface area contributed by atoms with Gasteiger partial charge in [0.25, 0.3) is 0 Å². The van der Waals surface area contributed by atoms with Crippen LogP contribution in [0.2, 0.25) is 10.0 Å². The van der Waals surface area contributed by atoms with E-state index in [1.54, 1.807) is 13.2 Å². The maximum absolute atomic E-state index is 6.21. The molecule has 0 amide bonds. The first-order chi connectivity index (χ1) is 9.70. The number of methoxy groups -OCH3 is 1. The standard InChI is InChI=1S/C15H18Cl2N2O/c1-20-8-6-18-10-14-3-2-7-19(14)11-12-4-5-13(16)9-15(12)17/h2-5,7,9,18H,6,8,10-11H2,1H3. The fourth-order valence-electron chi connectivity index (χ4n) is 1.99. The SMILES string of the molecule is COCCNCc1cccn1Cc1ccc(Cl)cc1Cl. The lowest BCUT2D eigenvalue weighted by Crippen LogP contribution is -2.20. The molecule has 0 saturated carbocycles. The highest BCUT2D eigenvalue weighted by Gasteiger charge is 2.05. The molecule has 2 aromatic rings. The van der Waals surface area contributed by atoms with Crippen LogP contribution in [-0.2, 0) is 17.8 Å². The minimum absolute atomic E-state index is 0.660. The number of aromatic nitrogens is 1. The summed E-state index contributed by atoms with van der Waals surface area (Å²) in [6.07, 6.45) is 2.05. The summed E-state index contributed by atoms with van der Waals surface area (Å²) in [5.74, 6) is 0. The van der Waals surface area contributed by atoms with Crippen molar-refractivity contribution in [3.05, 3.63) is 57.8 Å². The largest absolute Gasteiger partial charge is 0.383 e. The zero-order chi connectivity index (χ0) is 14.4. The molecule has 0 aliphatic carbocycles. The van der Waals surface area contributed by atoms with Crippen molar-refractivity contribution >= 4 is 23.2 Å². The highest BCUT2D eigenvalue weighted by molar-refractivity contribution is 6.35. The first kappa shape index (κ1) is 15.4. The minimum Gasteiger partial charge on any atom is -0.383 e. The van der Waals surface area contributed by atoms with Crippen LogP contribution < -0.4 is 5.32 Å². The van der Waals surface area contributed by atoms with Crippen molar-refractivity contribution in [2.75, 3.05) is 20.3 Å². The minimum atomic E-state index is 0.660. The van der Waals surface area contributed by atoms with Gasteiger partial charge in [-0.15, -0.1) is 0 Å². The van der Waals surface area contributed by atoms with E-state index in [-0.39, 0.29) is 0 Å². The van der Waals surface area contributed by atoms with Gasteiger partial charge in [-0.3, -0.25) is 0 Å². The molecule has 108 valence electrons. The predicted molar refractivity (Wildman–Crippen MR) is 83.6 cm³/mol. The van der Waals surface area contributed by atoms with Crippen LogP contribution in [0.15, 0.2) is 36.5 Å². The summed E-state index contributed by atoms with van der Waals surface area (Å²) in [4.78, 5) is 0. The van der Waals surface area contributed by atoms with E-state index in [0.717, 1.165) is 25.2 Å². The second-order valence-corrected chi connectivity index (χ2v) is 5.38. The molecule has 0 spiro atoms. The van der Waals surface area contributed by atoms with Gasteiger partial charge in [-0.05, 0) is 29.8 Å². The third-order valence-electron chi connectivity index (χ3n) is 3.07. The summed E-state index contributed by atoms with van der Waals surface area (Å²) in [6, 6.07) is 9.74. The summed E-state index contributed by atoms with van der Waals surface area (Å²) in [5, 5.41) is 4.70. The molecule has 5 heteroatoms. The van der Waals surface area contributed by atoms with E-state index in [0.29, 0.717) is 16.7 Å². The topological polar surface area (TPSA) is 26.2 Å². The van der Waals surface area contributed by atoms with Crippen molar-refractivity contribution < 1.29 is 4.74 Å². The molecule has 0 radical (unpaired) electrons. The Morgan fingerprint density at radius 1 is 1.25 bits per heavy atom. The summed E-state index contributed by atoms with van der Waals surface area (Å²) < 4.78 is 7.19. The number of halogens is 2. The summed E-state index contributed by atoms with van der Waals surface area (Å²) >= 11 is 12.1. The fourth-order valence-corrected chi connectivity index (χ4v) is 2.46. The Morgan fingerprint density at radius 3 is 2.85 bits per heavy atom. The molecule has 0 bridgehead atoms. The Morgan fingerprint density at radius 2 is 2.10 bits per heavy atom. The smallest absolute Gasteiger partial charge is 0.0587 e. The molecule has 0 aliphatic rings. The Bertz CT molecular complexity index is 555. The van der Waals surface area contributed by atoms with Gasteiger partial charge in [0.05, 0.1) is 6.61 Å². The van der Waals surface area contributed by atoms with Gasteiger partial charge in [-0.2, -0.15) is 0 Å². The number of ether oxygens (including phenoxy) is 1. The Labute approximate surface area is 129 Å².